The molecule has 2 aromatic carbocycles. The second-order valence-electron chi connectivity index (χ2n) is 6.38. The Labute approximate surface area is 174 Å². The number of aromatic nitrogens is 2. The van der Waals surface area contributed by atoms with Crippen molar-refractivity contribution in [1.29, 1.82) is 0 Å². The van der Waals surface area contributed by atoms with Crippen molar-refractivity contribution in [1.82, 2.24) is 9.55 Å². The van der Waals surface area contributed by atoms with Gasteiger partial charge in [-0.3, -0.25) is 4.79 Å². The van der Waals surface area contributed by atoms with E-state index in [1.165, 1.54) is 12.1 Å². The number of rotatable bonds is 8. The highest BCUT2D eigenvalue weighted by molar-refractivity contribution is 7.90. The maximum Gasteiger partial charge on any atom is 0.224 e. The molecule has 0 aliphatic rings. The van der Waals surface area contributed by atoms with Crippen molar-refractivity contribution >= 4 is 33.0 Å². The molecule has 0 radical (unpaired) electrons. The molecule has 0 aliphatic heterocycles. The van der Waals surface area contributed by atoms with Gasteiger partial charge in [0.2, 0.25) is 5.91 Å². The normalized spacial score (nSPS) is 11.2. The van der Waals surface area contributed by atoms with Gasteiger partial charge in [-0.25, -0.2) is 13.4 Å². The van der Waals surface area contributed by atoms with Crippen LogP contribution in [0.1, 0.15) is 12.8 Å². The molecule has 1 amide bonds. The summed E-state index contributed by atoms with van der Waals surface area (Å²) in [6.45, 7) is 0.339. The largest absolute Gasteiger partial charge is 0.494 e. The lowest BCUT2D eigenvalue weighted by atomic mass is 10.2. The quantitative estimate of drug-likeness (QED) is 0.546. The molecule has 1 N–H and O–H groups in total. The average Bonchev–Trinajstić information content (AvgIpc) is 3.19. The van der Waals surface area contributed by atoms with Crippen molar-refractivity contribution in [2.45, 2.75) is 17.7 Å². The fraction of sp³-hybridized carbons (Fsp3) is 0.200. The van der Waals surface area contributed by atoms with Gasteiger partial charge in [-0.2, -0.15) is 0 Å². The minimum atomic E-state index is -3.23. The molecule has 9 heteroatoms. The van der Waals surface area contributed by atoms with Crippen LogP contribution >= 0.6 is 11.6 Å². The number of anilines is 1. The Morgan fingerprint density at radius 2 is 1.97 bits per heavy atom. The van der Waals surface area contributed by atoms with Crippen LogP contribution in [0.25, 0.3) is 5.69 Å². The van der Waals surface area contributed by atoms with E-state index in [0.29, 0.717) is 29.5 Å². The maximum atomic E-state index is 12.1. The van der Waals surface area contributed by atoms with Crippen molar-refractivity contribution < 1.29 is 17.9 Å². The molecule has 1 aromatic heterocycles. The molecule has 0 atom stereocenters. The Kier molecular flexibility index (Phi) is 6.56. The second kappa shape index (κ2) is 9.11. The van der Waals surface area contributed by atoms with Gasteiger partial charge >= 0.3 is 0 Å². The molecule has 3 rings (SSSR count). The van der Waals surface area contributed by atoms with E-state index in [2.05, 4.69) is 10.3 Å². The van der Waals surface area contributed by atoms with Crippen LogP contribution in [0.4, 0.5) is 5.69 Å². The van der Waals surface area contributed by atoms with Crippen LogP contribution in [-0.4, -0.2) is 36.7 Å². The number of nitrogens with one attached hydrogen (secondary N) is 1. The molecule has 0 saturated heterocycles. The third-order valence-electron chi connectivity index (χ3n) is 4.08. The lowest BCUT2D eigenvalue weighted by molar-refractivity contribution is -0.116. The van der Waals surface area contributed by atoms with Gasteiger partial charge in [0, 0.05) is 30.8 Å². The second-order valence-corrected chi connectivity index (χ2v) is 8.80. The summed E-state index contributed by atoms with van der Waals surface area (Å²) in [5, 5.41) is 3.31. The number of ether oxygens (including phenoxy) is 1. The number of carbonyl (C=O) groups is 1. The SMILES string of the molecule is CS(=O)(=O)c1ccc(OCCCC(=O)Nc2ccc(-n3ccnc3)c(Cl)c2)cc1. The highest BCUT2D eigenvalue weighted by Gasteiger charge is 2.08. The Morgan fingerprint density at radius 3 is 2.59 bits per heavy atom. The van der Waals surface area contributed by atoms with Gasteiger partial charge in [0.15, 0.2) is 9.84 Å². The molecule has 7 nitrogen and oxygen atoms in total. The van der Waals surface area contributed by atoms with E-state index >= 15 is 0 Å². The first-order valence-electron chi connectivity index (χ1n) is 8.83. The van der Waals surface area contributed by atoms with Gasteiger partial charge in [0.1, 0.15) is 5.75 Å². The van der Waals surface area contributed by atoms with Crippen molar-refractivity contribution in [3.05, 3.63) is 66.2 Å². The van der Waals surface area contributed by atoms with Crippen molar-refractivity contribution in [3.63, 3.8) is 0 Å². The summed E-state index contributed by atoms with van der Waals surface area (Å²) in [6.07, 6.45) is 7.04. The molecule has 1 heterocycles. The van der Waals surface area contributed by atoms with Crippen LogP contribution in [0.2, 0.25) is 5.02 Å². The van der Waals surface area contributed by atoms with Crippen molar-refractivity contribution in [3.8, 4) is 11.4 Å². The zero-order chi connectivity index (χ0) is 20.9. The predicted molar refractivity (Wildman–Crippen MR) is 111 cm³/mol. The van der Waals surface area contributed by atoms with E-state index < -0.39 is 9.84 Å². The molecule has 3 aromatic rings. The summed E-state index contributed by atoms with van der Waals surface area (Å²) in [7, 11) is -3.23. The number of imidazole rings is 1. The molecule has 29 heavy (non-hydrogen) atoms. The van der Waals surface area contributed by atoms with Gasteiger partial charge in [0.05, 0.1) is 28.5 Å². The standard InChI is InChI=1S/C20H20ClN3O4S/c1-29(26,27)17-7-5-16(6-8-17)28-12-2-3-20(25)23-15-4-9-19(18(21)13-15)24-11-10-22-14-24/h4-11,13-14H,2-3,12H2,1H3,(H,23,25). The number of benzene rings is 2. The van der Waals surface area contributed by atoms with E-state index in [4.69, 9.17) is 16.3 Å². The minimum Gasteiger partial charge on any atom is -0.494 e. The van der Waals surface area contributed by atoms with E-state index in [1.807, 2.05) is 6.07 Å². The zero-order valence-corrected chi connectivity index (χ0v) is 17.3. The number of hydrogen-bond donors (Lipinski definition) is 1. The summed E-state index contributed by atoms with van der Waals surface area (Å²) in [5.74, 6) is 0.409. The molecule has 0 bridgehead atoms. The van der Waals surface area contributed by atoms with Crippen molar-refractivity contribution in [2.75, 3.05) is 18.2 Å². The fourth-order valence-corrected chi connectivity index (χ4v) is 3.53. The number of carbonyl (C=O) groups excluding carboxylic acids is 1. The maximum absolute atomic E-state index is 12.1. The highest BCUT2D eigenvalue weighted by atomic mass is 35.5. The number of amides is 1. The summed E-state index contributed by atoms with van der Waals surface area (Å²) in [4.78, 5) is 16.3. The average molecular weight is 434 g/mol. The summed E-state index contributed by atoms with van der Waals surface area (Å²) < 4.78 is 30.2. The summed E-state index contributed by atoms with van der Waals surface area (Å²) in [6, 6.07) is 11.5. The molecule has 0 fully saturated rings. The van der Waals surface area contributed by atoms with E-state index in [-0.39, 0.29) is 17.2 Å². The molecule has 0 unspecified atom stereocenters. The topological polar surface area (TPSA) is 90.3 Å². The van der Waals surface area contributed by atoms with Gasteiger partial charge in [-0.1, -0.05) is 11.6 Å². The molecular formula is C20H20ClN3O4S. The molecule has 0 spiro atoms. The zero-order valence-electron chi connectivity index (χ0n) is 15.7. The lowest BCUT2D eigenvalue weighted by Gasteiger charge is -2.10. The monoisotopic (exact) mass is 433 g/mol. The van der Waals surface area contributed by atoms with Crippen LogP contribution in [-0.2, 0) is 14.6 Å². The molecule has 152 valence electrons. The third kappa shape index (κ3) is 5.82. The first kappa shape index (κ1) is 20.9. The first-order valence-corrected chi connectivity index (χ1v) is 11.1. The van der Waals surface area contributed by atoms with Crippen molar-refractivity contribution in [2.24, 2.45) is 0 Å². The van der Waals surface area contributed by atoms with Crippen LogP contribution in [0, 0.1) is 0 Å². The fourth-order valence-electron chi connectivity index (χ4n) is 2.62. The van der Waals surface area contributed by atoms with E-state index in [1.54, 1.807) is 47.6 Å². The molecular weight excluding hydrogens is 414 g/mol. The first-order chi connectivity index (χ1) is 13.8. The van der Waals surface area contributed by atoms with Crippen LogP contribution < -0.4 is 10.1 Å². The molecule has 0 aliphatic carbocycles. The Bertz CT molecular complexity index is 1080. The Balaban J connectivity index is 1.45. The van der Waals surface area contributed by atoms with Gasteiger partial charge in [-0.15, -0.1) is 0 Å². The number of halogens is 1. The third-order valence-corrected chi connectivity index (χ3v) is 5.51. The smallest absolute Gasteiger partial charge is 0.224 e. The lowest BCUT2D eigenvalue weighted by Crippen LogP contribution is -2.13. The Hall–Kier alpha value is -2.84. The van der Waals surface area contributed by atoms with Crippen LogP contribution in [0.15, 0.2) is 66.1 Å². The van der Waals surface area contributed by atoms with Gasteiger partial charge in [0.25, 0.3) is 0 Å². The van der Waals surface area contributed by atoms with Crippen LogP contribution in [0.5, 0.6) is 5.75 Å². The van der Waals surface area contributed by atoms with E-state index in [0.717, 1.165) is 11.9 Å². The summed E-state index contributed by atoms with van der Waals surface area (Å²) >= 11 is 6.28. The van der Waals surface area contributed by atoms with Gasteiger partial charge < -0.3 is 14.6 Å². The minimum absolute atomic E-state index is 0.146. The number of hydrogen-bond acceptors (Lipinski definition) is 5. The van der Waals surface area contributed by atoms with E-state index in [9.17, 15) is 13.2 Å². The van der Waals surface area contributed by atoms with Gasteiger partial charge in [-0.05, 0) is 48.9 Å². The number of sulfone groups is 1. The number of nitrogens with zero attached hydrogens (tertiary/aromatic N) is 2. The molecule has 0 saturated carbocycles. The highest BCUT2D eigenvalue weighted by Crippen LogP contribution is 2.24. The van der Waals surface area contributed by atoms with Crippen LogP contribution in [0.3, 0.4) is 0 Å². The predicted octanol–water partition coefficient (Wildman–Crippen LogP) is 3.73. The summed E-state index contributed by atoms with van der Waals surface area (Å²) in [5.41, 5.74) is 1.39. The Morgan fingerprint density at radius 1 is 1.21 bits per heavy atom.